The standard InChI is InChI=1S/C14H19NO4S/c1-11-6-3-4-7-12(11)20(18,19)15-9-5-8-14(2,10-15)13(16)17/h3-4,6-7H,5,8-10H2,1-2H3,(H,16,17). The molecular weight excluding hydrogens is 278 g/mol. The topological polar surface area (TPSA) is 74.7 Å². The van der Waals surface area contributed by atoms with Crippen LogP contribution in [0.3, 0.4) is 0 Å². The first-order valence-corrected chi connectivity index (χ1v) is 8.00. The van der Waals surface area contributed by atoms with Gasteiger partial charge >= 0.3 is 5.97 Å². The minimum absolute atomic E-state index is 0.0268. The van der Waals surface area contributed by atoms with Crippen molar-refractivity contribution >= 4 is 16.0 Å². The zero-order chi connectivity index (χ0) is 15.0. The third-order valence-electron chi connectivity index (χ3n) is 3.89. The summed E-state index contributed by atoms with van der Waals surface area (Å²) >= 11 is 0. The molecule has 1 aliphatic heterocycles. The van der Waals surface area contributed by atoms with Gasteiger partial charge in [-0.3, -0.25) is 4.79 Å². The molecule has 0 aliphatic carbocycles. The molecule has 1 aromatic carbocycles. The van der Waals surface area contributed by atoms with Crippen molar-refractivity contribution in [2.24, 2.45) is 5.41 Å². The molecule has 0 amide bonds. The molecule has 110 valence electrons. The van der Waals surface area contributed by atoms with Gasteiger partial charge in [-0.1, -0.05) is 18.2 Å². The van der Waals surface area contributed by atoms with Gasteiger partial charge in [0.1, 0.15) is 0 Å². The number of carbonyl (C=O) groups is 1. The zero-order valence-corrected chi connectivity index (χ0v) is 12.5. The maximum atomic E-state index is 12.7. The number of piperidine rings is 1. The third-order valence-corrected chi connectivity index (χ3v) is 5.89. The number of rotatable bonds is 3. The number of aliphatic carboxylic acids is 1. The Morgan fingerprint density at radius 1 is 1.35 bits per heavy atom. The van der Waals surface area contributed by atoms with E-state index >= 15 is 0 Å². The number of benzene rings is 1. The number of aryl methyl sites for hydroxylation is 1. The van der Waals surface area contributed by atoms with Gasteiger partial charge in [-0.2, -0.15) is 4.31 Å². The maximum Gasteiger partial charge on any atom is 0.310 e. The van der Waals surface area contributed by atoms with Crippen LogP contribution in [0, 0.1) is 12.3 Å². The molecule has 1 atom stereocenters. The predicted molar refractivity (Wildman–Crippen MR) is 74.9 cm³/mol. The highest BCUT2D eigenvalue weighted by atomic mass is 32.2. The minimum Gasteiger partial charge on any atom is -0.481 e. The molecule has 1 aliphatic rings. The first-order chi connectivity index (χ1) is 9.27. The highest BCUT2D eigenvalue weighted by Crippen LogP contribution is 2.33. The molecule has 0 bridgehead atoms. The fourth-order valence-electron chi connectivity index (χ4n) is 2.56. The van der Waals surface area contributed by atoms with Crippen molar-refractivity contribution in [3.05, 3.63) is 29.8 Å². The molecule has 1 N–H and O–H groups in total. The molecule has 0 saturated carbocycles. The van der Waals surface area contributed by atoms with Crippen LogP contribution < -0.4 is 0 Å². The van der Waals surface area contributed by atoms with Crippen LogP contribution in [0.2, 0.25) is 0 Å². The van der Waals surface area contributed by atoms with Crippen LogP contribution in [0.25, 0.3) is 0 Å². The fraction of sp³-hybridized carbons (Fsp3) is 0.500. The van der Waals surface area contributed by atoms with Gasteiger partial charge in [0, 0.05) is 13.1 Å². The number of carboxylic acid groups (broad SMARTS) is 1. The van der Waals surface area contributed by atoms with E-state index in [2.05, 4.69) is 0 Å². The van der Waals surface area contributed by atoms with Gasteiger partial charge in [0.05, 0.1) is 10.3 Å². The van der Waals surface area contributed by atoms with E-state index in [0.29, 0.717) is 24.9 Å². The van der Waals surface area contributed by atoms with Crippen molar-refractivity contribution in [2.75, 3.05) is 13.1 Å². The molecule has 6 heteroatoms. The van der Waals surface area contributed by atoms with Crippen molar-refractivity contribution in [3.63, 3.8) is 0 Å². The lowest BCUT2D eigenvalue weighted by molar-refractivity contribution is -0.150. The van der Waals surface area contributed by atoms with Crippen LogP contribution in [-0.2, 0) is 14.8 Å². The average Bonchev–Trinajstić information content (AvgIpc) is 2.39. The van der Waals surface area contributed by atoms with Gasteiger partial charge in [-0.15, -0.1) is 0 Å². The first-order valence-electron chi connectivity index (χ1n) is 6.56. The van der Waals surface area contributed by atoms with E-state index in [1.807, 2.05) is 0 Å². The van der Waals surface area contributed by atoms with E-state index in [1.165, 1.54) is 4.31 Å². The summed E-state index contributed by atoms with van der Waals surface area (Å²) in [5.41, 5.74) is -0.330. The van der Waals surface area contributed by atoms with E-state index in [0.717, 1.165) is 0 Å². The Hall–Kier alpha value is -1.40. The van der Waals surface area contributed by atoms with Gasteiger partial charge in [-0.25, -0.2) is 8.42 Å². The fourth-order valence-corrected chi connectivity index (χ4v) is 4.39. The lowest BCUT2D eigenvalue weighted by Crippen LogP contribution is -2.48. The van der Waals surface area contributed by atoms with Crippen LogP contribution in [0.15, 0.2) is 29.2 Å². The van der Waals surface area contributed by atoms with Crippen LogP contribution in [0.1, 0.15) is 25.3 Å². The second kappa shape index (κ2) is 5.18. The summed E-state index contributed by atoms with van der Waals surface area (Å²) in [4.78, 5) is 11.6. The third kappa shape index (κ3) is 2.58. The summed E-state index contributed by atoms with van der Waals surface area (Å²) in [5, 5.41) is 9.28. The second-order valence-electron chi connectivity index (χ2n) is 5.57. The zero-order valence-electron chi connectivity index (χ0n) is 11.7. The molecule has 1 heterocycles. The molecule has 0 spiro atoms. The SMILES string of the molecule is Cc1ccccc1S(=O)(=O)N1CCCC(C)(C(=O)O)C1. The molecule has 0 aromatic heterocycles. The number of sulfonamides is 1. The molecular formula is C14H19NO4S. The molecule has 1 aromatic rings. The van der Waals surface area contributed by atoms with E-state index in [-0.39, 0.29) is 11.4 Å². The van der Waals surface area contributed by atoms with Crippen molar-refractivity contribution in [3.8, 4) is 0 Å². The average molecular weight is 297 g/mol. The molecule has 1 saturated heterocycles. The molecule has 20 heavy (non-hydrogen) atoms. The van der Waals surface area contributed by atoms with Crippen molar-refractivity contribution < 1.29 is 18.3 Å². The normalized spacial score (nSPS) is 24.5. The Morgan fingerprint density at radius 3 is 2.60 bits per heavy atom. The van der Waals surface area contributed by atoms with E-state index in [4.69, 9.17) is 0 Å². The Kier molecular flexibility index (Phi) is 3.88. The van der Waals surface area contributed by atoms with Gasteiger partial charge in [-0.05, 0) is 38.3 Å². The van der Waals surface area contributed by atoms with Gasteiger partial charge in [0.2, 0.25) is 10.0 Å². The summed E-state index contributed by atoms with van der Waals surface area (Å²) in [7, 11) is -3.63. The first kappa shape index (κ1) is 15.0. The molecule has 1 unspecified atom stereocenters. The monoisotopic (exact) mass is 297 g/mol. The van der Waals surface area contributed by atoms with Crippen LogP contribution in [0.5, 0.6) is 0 Å². The Morgan fingerprint density at radius 2 is 2.00 bits per heavy atom. The van der Waals surface area contributed by atoms with Gasteiger partial charge in [0.15, 0.2) is 0 Å². The largest absolute Gasteiger partial charge is 0.481 e. The summed E-state index contributed by atoms with van der Waals surface area (Å²) in [6, 6.07) is 6.77. The number of hydrogen-bond donors (Lipinski definition) is 1. The highest BCUT2D eigenvalue weighted by molar-refractivity contribution is 7.89. The highest BCUT2D eigenvalue weighted by Gasteiger charge is 2.42. The van der Waals surface area contributed by atoms with Crippen LogP contribution in [0.4, 0.5) is 0 Å². The summed E-state index contributed by atoms with van der Waals surface area (Å²) in [5.74, 6) is -0.942. The Balaban J connectivity index is 2.36. The maximum absolute atomic E-state index is 12.7. The lowest BCUT2D eigenvalue weighted by Gasteiger charge is -2.36. The smallest absolute Gasteiger partial charge is 0.310 e. The summed E-state index contributed by atoms with van der Waals surface area (Å²) < 4.78 is 26.6. The Labute approximate surface area is 119 Å². The van der Waals surface area contributed by atoms with E-state index in [1.54, 1.807) is 38.1 Å². The van der Waals surface area contributed by atoms with E-state index in [9.17, 15) is 18.3 Å². The molecule has 0 radical (unpaired) electrons. The van der Waals surface area contributed by atoms with Crippen LogP contribution >= 0.6 is 0 Å². The Bertz CT molecular complexity index is 626. The number of hydrogen-bond acceptors (Lipinski definition) is 3. The van der Waals surface area contributed by atoms with Crippen molar-refractivity contribution in [2.45, 2.75) is 31.6 Å². The number of nitrogens with zero attached hydrogens (tertiary/aromatic N) is 1. The predicted octanol–water partition coefficient (Wildman–Crippen LogP) is 1.87. The van der Waals surface area contributed by atoms with Gasteiger partial charge in [0.25, 0.3) is 0 Å². The minimum atomic E-state index is -3.63. The summed E-state index contributed by atoms with van der Waals surface area (Å²) in [6.45, 7) is 3.75. The van der Waals surface area contributed by atoms with Crippen molar-refractivity contribution in [1.82, 2.24) is 4.31 Å². The quantitative estimate of drug-likeness (QED) is 0.924. The molecule has 2 rings (SSSR count). The summed E-state index contributed by atoms with van der Waals surface area (Å²) in [6.07, 6.45) is 1.07. The number of carboxylic acids is 1. The van der Waals surface area contributed by atoms with Crippen molar-refractivity contribution in [1.29, 1.82) is 0 Å². The molecule has 5 nitrogen and oxygen atoms in total. The lowest BCUT2D eigenvalue weighted by atomic mass is 9.83. The van der Waals surface area contributed by atoms with Gasteiger partial charge < -0.3 is 5.11 Å². The second-order valence-corrected chi connectivity index (χ2v) is 7.48. The van der Waals surface area contributed by atoms with Crippen LogP contribution in [-0.4, -0.2) is 36.9 Å². The van der Waals surface area contributed by atoms with E-state index < -0.39 is 21.4 Å². The molecule has 1 fully saturated rings.